The maximum absolute atomic E-state index is 8.80. The molecular weight excluding hydrogens is 270 g/mol. The highest BCUT2D eigenvalue weighted by Crippen LogP contribution is 2.28. The number of hydrogen-bond donors (Lipinski definition) is 2. The van der Waals surface area contributed by atoms with Crippen molar-refractivity contribution in [2.45, 2.75) is 17.9 Å². The van der Waals surface area contributed by atoms with Crippen LogP contribution in [0.15, 0.2) is 23.1 Å². The van der Waals surface area contributed by atoms with Crippen molar-refractivity contribution < 1.29 is 9.84 Å². The molecule has 0 aliphatic rings. The molecule has 0 saturated carbocycles. The summed E-state index contributed by atoms with van der Waals surface area (Å²) in [5, 5.41) is 12.9. The molecule has 0 aliphatic heterocycles. The van der Waals surface area contributed by atoms with Gasteiger partial charge < -0.3 is 15.2 Å². The van der Waals surface area contributed by atoms with Crippen molar-refractivity contribution in [2.24, 2.45) is 0 Å². The van der Waals surface area contributed by atoms with Crippen LogP contribution in [0.5, 0.6) is 0 Å². The van der Waals surface area contributed by atoms with Crippen LogP contribution >= 0.6 is 23.4 Å². The molecule has 0 atom stereocenters. The van der Waals surface area contributed by atoms with Gasteiger partial charge in [0.25, 0.3) is 0 Å². The second-order valence-corrected chi connectivity index (χ2v) is 5.36. The third-order valence-electron chi connectivity index (χ3n) is 2.42. The molecule has 102 valence electrons. The van der Waals surface area contributed by atoms with Crippen LogP contribution in [-0.4, -0.2) is 37.7 Å². The second kappa shape index (κ2) is 9.64. The van der Waals surface area contributed by atoms with Gasteiger partial charge in [-0.1, -0.05) is 17.7 Å². The van der Waals surface area contributed by atoms with Crippen molar-refractivity contribution >= 4 is 23.4 Å². The number of halogens is 1. The van der Waals surface area contributed by atoms with Crippen LogP contribution in [0.2, 0.25) is 5.02 Å². The first kappa shape index (κ1) is 15.8. The minimum Gasteiger partial charge on any atom is -0.396 e. The number of aliphatic hydroxyl groups is 1. The van der Waals surface area contributed by atoms with Crippen molar-refractivity contribution in [3.63, 3.8) is 0 Å². The number of rotatable bonds is 9. The topological polar surface area (TPSA) is 41.5 Å². The van der Waals surface area contributed by atoms with Gasteiger partial charge in [-0.3, -0.25) is 0 Å². The molecule has 0 radical (unpaired) electrons. The largest absolute Gasteiger partial charge is 0.396 e. The first-order valence-electron chi connectivity index (χ1n) is 6.00. The van der Waals surface area contributed by atoms with Gasteiger partial charge in [-0.05, 0) is 24.1 Å². The highest BCUT2D eigenvalue weighted by Gasteiger charge is 2.07. The summed E-state index contributed by atoms with van der Waals surface area (Å²) in [5.41, 5.74) is 1.12. The average Bonchev–Trinajstić information content (AvgIpc) is 2.37. The van der Waals surface area contributed by atoms with Gasteiger partial charge in [0.05, 0.1) is 6.61 Å². The minimum atomic E-state index is 0.231. The van der Waals surface area contributed by atoms with Crippen molar-refractivity contribution in [1.29, 1.82) is 0 Å². The average molecular weight is 290 g/mol. The third-order valence-corrected chi connectivity index (χ3v) is 3.96. The third kappa shape index (κ3) is 5.59. The first-order valence-corrected chi connectivity index (χ1v) is 7.36. The normalized spacial score (nSPS) is 10.8. The molecule has 0 unspecified atom stereocenters. The van der Waals surface area contributed by atoms with Crippen molar-refractivity contribution in [3.8, 4) is 0 Å². The fourth-order valence-corrected chi connectivity index (χ4v) is 2.80. The Hall–Kier alpha value is -0.260. The maximum Gasteiger partial charge on any atom is 0.0587 e. The van der Waals surface area contributed by atoms with E-state index in [4.69, 9.17) is 21.4 Å². The Morgan fingerprint density at radius 1 is 1.44 bits per heavy atom. The fourth-order valence-electron chi connectivity index (χ4n) is 1.48. The maximum atomic E-state index is 8.80. The van der Waals surface area contributed by atoms with Crippen molar-refractivity contribution in [3.05, 3.63) is 28.8 Å². The zero-order valence-electron chi connectivity index (χ0n) is 10.6. The Morgan fingerprint density at radius 2 is 2.28 bits per heavy atom. The Kier molecular flexibility index (Phi) is 8.46. The van der Waals surface area contributed by atoms with Gasteiger partial charge in [0.2, 0.25) is 0 Å². The van der Waals surface area contributed by atoms with E-state index >= 15 is 0 Å². The lowest BCUT2D eigenvalue weighted by atomic mass is 10.2. The van der Waals surface area contributed by atoms with Gasteiger partial charge in [-0.25, -0.2) is 0 Å². The highest BCUT2D eigenvalue weighted by atomic mass is 35.5. The van der Waals surface area contributed by atoms with Gasteiger partial charge >= 0.3 is 0 Å². The number of nitrogens with one attached hydrogen (secondary N) is 1. The predicted molar refractivity (Wildman–Crippen MR) is 77.5 cm³/mol. The SMILES string of the molecule is COCCNCc1c(Cl)cccc1SCCCO. The zero-order valence-corrected chi connectivity index (χ0v) is 12.2. The number of hydrogen-bond acceptors (Lipinski definition) is 4. The standard InChI is InChI=1S/C13H20ClNO2S/c1-17-8-6-15-10-11-12(14)4-2-5-13(11)18-9-3-7-16/h2,4-5,15-16H,3,6-10H2,1H3. The smallest absolute Gasteiger partial charge is 0.0587 e. The zero-order chi connectivity index (χ0) is 13.2. The number of thioether (sulfide) groups is 1. The van der Waals surface area contributed by atoms with E-state index in [0.717, 1.165) is 35.8 Å². The molecule has 0 heterocycles. The molecule has 18 heavy (non-hydrogen) atoms. The van der Waals surface area contributed by atoms with Crippen LogP contribution in [0.3, 0.4) is 0 Å². The molecular formula is C13H20ClNO2S. The summed E-state index contributed by atoms with van der Waals surface area (Å²) in [5.74, 6) is 0.905. The summed E-state index contributed by atoms with van der Waals surface area (Å²) in [6, 6.07) is 5.94. The molecule has 1 aromatic rings. The summed E-state index contributed by atoms with van der Waals surface area (Å²) in [6.45, 7) is 2.47. The Balaban J connectivity index is 2.56. The molecule has 0 aliphatic carbocycles. The molecule has 0 bridgehead atoms. The van der Waals surface area contributed by atoms with Gasteiger partial charge in [0.15, 0.2) is 0 Å². The van der Waals surface area contributed by atoms with Gasteiger partial charge in [0, 0.05) is 42.5 Å². The van der Waals surface area contributed by atoms with E-state index in [1.54, 1.807) is 18.9 Å². The van der Waals surface area contributed by atoms with E-state index in [1.807, 2.05) is 12.1 Å². The summed E-state index contributed by atoms with van der Waals surface area (Å²) in [7, 11) is 1.69. The molecule has 0 aromatic heterocycles. The number of ether oxygens (including phenoxy) is 1. The van der Waals surface area contributed by atoms with Crippen LogP contribution < -0.4 is 5.32 Å². The van der Waals surface area contributed by atoms with E-state index in [-0.39, 0.29) is 6.61 Å². The Morgan fingerprint density at radius 3 is 3.00 bits per heavy atom. The fraction of sp³-hybridized carbons (Fsp3) is 0.538. The lowest BCUT2D eigenvalue weighted by molar-refractivity contribution is 0.199. The van der Waals surface area contributed by atoms with E-state index < -0.39 is 0 Å². The van der Waals surface area contributed by atoms with E-state index in [2.05, 4.69) is 11.4 Å². The molecule has 0 amide bonds. The molecule has 1 rings (SSSR count). The van der Waals surface area contributed by atoms with Gasteiger partial charge in [-0.15, -0.1) is 11.8 Å². The summed E-state index contributed by atoms with van der Waals surface area (Å²) in [4.78, 5) is 1.18. The monoisotopic (exact) mass is 289 g/mol. The van der Waals surface area contributed by atoms with Crippen molar-refractivity contribution in [1.82, 2.24) is 5.32 Å². The van der Waals surface area contributed by atoms with Gasteiger partial charge in [0.1, 0.15) is 0 Å². The molecule has 0 spiro atoms. The summed E-state index contributed by atoms with van der Waals surface area (Å²) >= 11 is 7.95. The summed E-state index contributed by atoms with van der Waals surface area (Å²) in [6.07, 6.45) is 0.799. The Labute approximate surface area is 118 Å². The molecule has 3 nitrogen and oxygen atoms in total. The second-order valence-electron chi connectivity index (χ2n) is 3.81. The lowest BCUT2D eigenvalue weighted by Gasteiger charge is -2.12. The number of methoxy groups -OCH3 is 1. The van der Waals surface area contributed by atoms with E-state index in [0.29, 0.717) is 6.61 Å². The number of aliphatic hydroxyl groups excluding tert-OH is 1. The van der Waals surface area contributed by atoms with Crippen LogP contribution in [-0.2, 0) is 11.3 Å². The first-order chi connectivity index (χ1) is 8.79. The summed E-state index contributed by atoms with van der Waals surface area (Å²) < 4.78 is 4.99. The molecule has 0 saturated heterocycles. The minimum absolute atomic E-state index is 0.231. The molecule has 2 N–H and O–H groups in total. The molecule has 5 heteroatoms. The van der Waals surface area contributed by atoms with Crippen LogP contribution in [0.1, 0.15) is 12.0 Å². The number of benzene rings is 1. The quantitative estimate of drug-likeness (QED) is 0.541. The predicted octanol–water partition coefficient (Wildman–Crippen LogP) is 2.55. The van der Waals surface area contributed by atoms with Crippen molar-refractivity contribution in [2.75, 3.05) is 32.6 Å². The van der Waals surface area contributed by atoms with E-state index in [1.165, 1.54) is 4.90 Å². The van der Waals surface area contributed by atoms with E-state index in [9.17, 15) is 0 Å². The van der Waals surface area contributed by atoms with Crippen LogP contribution in [0.25, 0.3) is 0 Å². The van der Waals surface area contributed by atoms with Crippen LogP contribution in [0, 0.1) is 0 Å². The van der Waals surface area contributed by atoms with Crippen LogP contribution in [0.4, 0.5) is 0 Å². The Bertz CT molecular complexity index is 350. The molecule has 1 aromatic carbocycles. The highest BCUT2D eigenvalue weighted by molar-refractivity contribution is 7.99. The van der Waals surface area contributed by atoms with Gasteiger partial charge in [-0.2, -0.15) is 0 Å². The lowest BCUT2D eigenvalue weighted by Crippen LogP contribution is -2.19. The molecule has 0 fully saturated rings.